The van der Waals surface area contributed by atoms with Gasteiger partial charge in [-0.3, -0.25) is 0 Å². The number of ether oxygens (including phenoxy) is 1. The van der Waals surface area contributed by atoms with Gasteiger partial charge in [-0.25, -0.2) is 0 Å². The molecule has 0 fully saturated rings. The summed E-state index contributed by atoms with van der Waals surface area (Å²) in [6.45, 7) is 0.544. The van der Waals surface area contributed by atoms with Crippen LogP contribution in [-0.4, -0.2) is 13.7 Å². The molecular weight excluding hydrogens is 266 g/mol. The number of rotatable bonds is 3. The monoisotopic (exact) mass is 279 g/mol. The lowest BCUT2D eigenvalue weighted by atomic mass is 10.0. The van der Waals surface area contributed by atoms with E-state index in [1.807, 2.05) is 6.07 Å². The molecule has 0 spiro atoms. The molecule has 0 saturated carbocycles. The molecule has 2 nitrogen and oxygen atoms in total. The zero-order valence-corrected chi connectivity index (χ0v) is 10.7. The number of hydrogen-bond donors (Lipinski definition) is 1. The Balaban J connectivity index is 2.40. The third kappa shape index (κ3) is 2.43. The van der Waals surface area contributed by atoms with Gasteiger partial charge in [0.2, 0.25) is 0 Å². The Morgan fingerprint density at radius 1 is 1.19 bits per heavy atom. The van der Waals surface area contributed by atoms with Crippen LogP contribution in [0.4, 0.5) is 0 Å². The molecule has 0 aliphatic heterocycles. The Morgan fingerprint density at radius 2 is 1.88 bits per heavy atom. The fraction of sp³-hybridized carbons (Fsp3) is 0.231. The zero-order valence-electron chi connectivity index (χ0n) is 9.11. The molecule has 3 heteroatoms. The molecule has 2 aromatic rings. The van der Waals surface area contributed by atoms with Crippen molar-refractivity contribution in [3.8, 4) is 0 Å². The van der Waals surface area contributed by atoms with E-state index in [-0.39, 0.29) is 6.04 Å². The van der Waals surface area contributed by atoms with E-state index in [0.717, 1.165) is 10.0 Å². The fourth-order valence-corrected chi connectivity index (χ4v) is 2.12. The van der Waals surface area contributed by atoms with Gasteiger partial charge in [0.05, 0.1) is 12.6 Å². The summed E-state index contributed by atoms with van der Waals surface area (Å²) in [6.07, 6.45) is 0. The van der Waals surface area contributed by atoms with E-state index in [0.29, 0.717) is 6.61 Å². The van der Waals surface area contributed by atoms with Crippen LogP contribution in [0.2, 0.25) is 0 Å². The van der Waals surface area contributed by atoms with Crippen molar-refractivity contribution in [2.24, 2.45) is 5.73 Å². The third-order valence-electron chi connectivity index (χ3n) is 2.60. The summed E-state index contributed by atoms with van der Waals surface area (Å²) in [6, 6.07) is 12.4. The predicted octanol–water partition coefficient (Wildman–Crippen LogP) is 3.25. The first-order chi connectivity index (χ1) is 7.70. The molecule has 0 aliphatic carbocycles. The van der Waals surface area contributed by atoms with E-state index >= 15 is 0 Å². The number of nitrogens with two attached hydrogens (primary N) is 1. The first kappa shape index (κ1) is 11.6. The van der Waals surface area contributed by atoms with Crippen LogP contribution in [0.5, 0.6) is 0 Å². The molecule has 0 amide bonds. The van der Waals surface area contributed by atoms with Crippen LogP contribution in [-0.2, 0) is 4.74 Å². The average Bonchev–Trinajstić information content (AvgIpc) is 2.28. The minimum absolute atomic E-state index is 0.0574. The Bertz CT molecular complexity index is 498. The highest BCUT2D eigenvalue weighted by Gasteiger charge is 2.06. The zero-order chi connectivity index (χ0) is 11.5. The van der Waals surface area contributed by atoms with Crippen LogP contribution in [0, 0.1) is 0 Å². The van der Waals surface area contributed by atoms with E-state index < -0.39 is 0 Å². The van der Waals surface area contributed by atoms with Gasteiger partial charge in [-0.05, 0) is 34.5 Å². The Labute approximate surface area is 104 Å². The second-order valence-electron chi connectivity index (χ2n) is 3.81. The van der Waals surface area contributed by atoms with Crippen LogP contribution in [0.1, 0.15) is 11.6 Å². The summed E-state index contributed by atoms with van der Waals surface area (Å²) in [4.78, 5) is 0. The highest BCUT2D eigenvalue weighted by Crippen LogP contribution is 2.23. The minimum Gasteiger partial charge on any atom is -0.383 e. The van der Waals surface area contributed by atoms with E-state index in [9.17, 15) is 0 Å². The second kappa shape index (κ2) is 4.95. The first-order valence-corrected chi connectivity index (χ1v) is 5.94. The smallest absolute Gasteiger partial charge is 0.0655 e. The highest BCUT2D eigenvalue weighted by molar-refractivity contribution is 9.10. The van der Waals surface area contributed by atoms with Crippen LogP contribution in [0.15, 0.2) is 40.9 Å². The normalized spacial score (nSPS) is 12.9. The molecule has 84 valence electrons. The first-order valence-electron chi connectivity index (χ1n) is 5.14. The van der Waals surface area contributed by atoms with Gasteiger partial charge in [0.25, 0.3) is 0 Å². The van der Waals surface area contributed by atoms with Gasteiger partial charge in [0.1, 0.15) is 0 Å². The summed E-state index contributed by atoms with van der Waals surface area (Å²) in [5.74, 6) is 0. The molecule has 0 radical (unpaired) electrons. The molecule has 2 N–H and O–H groups in total. The Kier molecular flexibility index (Phi) is 3.59. The standard InChI is InChI=1S/C13H14BrNO/c1-16-8-13(15)11-3-2-10-7-12(14)5-4-9(10)6-11/h2-7,13H,8,15H2,1H3. The molecule has 0 heterocycles. The van der Waals surface area contributed by atoms with Crippen molar-refractivity contribution in [2.75, 3.05) is 13.7 Å². The van der Waals surface area contributed by atoms with Gasteiger partial charge in [-0.2, -0.15) is 0 Å². The summed E-state index contributed by atoms with van der Waals surface area (Å²) in [5, 5.41) is 2.41. The van der Waals surface area contributed by atoms with Crippen molar-refractivity contribution in [1.29, 1.82) is 0 Å². The molecule has 0 aliphatic rings. The lowest BCUT2D eigenvalue weighted by molar-refractivity contribution is 0.181. The van der Waals surface area contributed by atoms with Crippen molar-refractivity contribution in [2.45, 2.75) is 6.04 Å². The molecule has 2 aromatic carbocycles. The lowest BCUT2D eigenvalue weighted by Crippen LogP contribution is -2.15. The van der Waals surface area contributed by atoms with E-state index in [1.165, 1.54) is 10.8 Å². The van der Waals surface area contributed by atoms with Crippen LogP contribution in [0.3, 0.4) is 0 Å². The SMILES string of the molecule is COCC(N)c1ccc2cc(Br)ccc2c1. The van der Waals surface area contributed by atoms with Gasteiger partial charge in [-0.15, -0.1) is 0 Å². The summed E-state index contributed by atoms with van der Waals surface area (Å²) in [5.41, 5.74) is 7.10. The molecule has 0 saturated heterocycles. The third-order valence-corrected chi connectivity index (χ3v) is 3.09. The van der Waals surface area contributed by atoms with Gasteiger partial charge in [0, 0.05) is 11.6 Å². The highest BCUT2D eigenvalue weighted by atomic mass is 79.9. The lowest BCUT2D eigenvalue weighted by Gasteiger charge is -2.11. The van der Waals surface area contributed by atoms with Crippen molar-refractivity contribution in [3.63, 3.8) is 0 Å². The molecule has 2 rings (SSSR count). The number of fused-ring (bicyclic) bond motifs is 1. The molecule has 16 heavy (non-hydrogen) atoms. The summed E-state index contributed by atoms with van der Waals surface area (Å²) >= 11 is 3.46. The van der Waals surface area contributed by atoms with Gasteiger partial charge in [0.15, 0.2) is 0 Å². The van der Waals surface area contributed by atoms with E-state index in [4.69, 9.17) is 10.5 Å². The molecule has 1 unspecified atom stereocenters. The topological polar surface area (TPSA) is 35.2 Å². The molecular formula is C13H14BrNO. The molecule has 0 aromatic heterocycles. The maximum atomic E-state index is 5.99. The van der Waals surface area contributed by atoms with Crippen molar-refractivity contribution in [3.05, 3.63) is 46.4 Å². The maximum absolute atomic E-state index is 5.99. The quantitative estimate of drug-likeness (QED) is 0.936. The Hall–Kier alpha value is -0.900. The van der Waals surface area contributed by atoms with Gasteiger partial charge in [-0.1, -0.05) is 34.1 Å². The van der Waals surface area contributed by atoms with Crippen LogP contribution in [0.25, 0.3) is 10.8 Å². The molecule has 1 atom stereocenters. The predicted molar refractivity (Wildman–Crippen MR) is 70.5 cm³/mol. The number of benzene rings is 2. The van der Waals surface area contributed by atoms with Crippen LogP contribution < -0.4 is 5.73 Å². The van der Waals surface area contributed by atoms with E-state index in [1.54, 1.807) is 7.11 Å². The fourth-order valence-electron chi connectivity index (χ4n) is 1.74. The Morgan fingerprint density at radius 3 is 2.62 bits per heavy atom. The second-order valence-corrected chi connectivity index (χ2v) is 4.73. The maximum Gasteiger partial charge on any atom is 0.0655 e. The van der Waals surface area contributed by atoms with Crippen molar-refractivity contribution < 1.29 is 4.74 Å². The minimum atomic E-state index is -0.0574. The van der Waals surface area contributed by atoms with Gasteiger partial charge >= 0.3 is 0 Å². The average molecular weight is 280 g/mol. The van der Waals surface area contributed by atoms with Gasteiger partial charge < -0.3 is 10.5 Å². The van der Waals surface area contributed by atoms with Crippen molar-refractivity contribution in [1.82, 2.24) is 0 Å². The number of halogens is 1. The summed E-state index contributed by atoms with van der Waals surface area (Å²) in [7, 11) is 1.66. The van der Waals surface area contributed by atoms with Crippen LogP contribution >= 0.6 is 15.9 Å². The number of hydrogen-bond acceptors (Lipinski definition) is 2. The largest absolute Gasteiger partial charge is 0.383 e. The summed E-state index contributed by atoms with van der Waals surface area (Å²) < 4.78 is 6.15. The van der Waals surface area contributed by atoms with E-state index in [2.05, 4.69) is 46.3 Å². The number of methoxy groups -OCH3 is 1. The van der Waals surface area contributed by atoms with Crippen molar-refractivity contribution >= 4 is 26.7 Å². The molecule has 0 bridgehead atoms.